The van der Waals surface area contributed by atoms with E-state index in [1.165, 1.54) is 0 Å². The van der Waals surface area contributed by atoms with Crippen LogP contribution in [0, 0.1) is 0 Å². The fourth-order valence-electron chi connectivity index (χ4n) is 3.87. The first-order chi connectivity index (χ1) is 14.1. The summed E-state index contributed by atoms with van der Waals surface area (Å²) in [5, 5.41) is 3.63. The number of hydrogen-bond acceptors (Lipinski definition) is 3. The number of amides is 1. The summed E-state index contributed by atoms with van der Waals surface area (Å²) in [6, 6.07) is 25.8. The largest absolute Gasteiger partial charge is 0.493 e. The van der Waals surface area contributed by atoms with Crippen LogP contribution < -0.4 is 10.1 Å². The highest BCUT2D eigenvalue weighted by Gasteiger charge is 2.43. The summed E-state index contributed by atoms with van der Waals surface area (Å²) in [7, 11) is 0. The van der Waals surface area contributed by atoms with Crippen LogP contribution in [0.25, 0.3) is 0 Å². The number of nitrogens with zero attached hydrogens (tertiary/aromatic N) is 1. The number of hydrogen-bond donors (Lipinski definition) is 1. The van der Waals surface area contributed by atoms with Gasteiger partial charge in [-0.3, -0.25) is 4.79 Å². The van der Waals surface area contributed by atoms with Crippen molar-refractivity contribution < 1.29 is 9.53 Å². The average molecular weight is 386 g/mol. The van der Waals surface area contributed by atoms with E-state index in [9.17, 15) is 4.79 Å². The lowest BCUT2D eigenvalue weighted by Crippen LogP contribution is -2.55. The molecular formula is C25H26N2O2. The molecule has 1 unspecified atom stereocenters. The summed E-state index contributed by atoms with van der Waals surface area (Å²) >= 11 is 0. The normalized spacial score (nSPS) is 18.1. The van der Waals surface area contributed by atoms with Crippen LogP contribution in [0.4, 0.5) is 5.69 Å². The fourth-order valence-corrected chi connectivity index (χ4v) is 3.87. The Labute approximate surface area is 172 Å². The highest BCUT2D eigenvalue weighted by molar-refractivity contribution is 6.02. The molecule has 148 valence electrons. The van der Waals surface area contributed by atoms with E-state index in [1.54, 1.807) is 0 Å². The molecule has 4 nitrogen and oxygen atoms in total. The molecule has 4 heteroatoms. The second kappa shape index (κ2) is 8.00. The summed E-state index contributed by atoms with van der Waals surface area (Å²) < 4.78 is 6.05. The summed E-state index contributed by atoms with van der Waals surface area (Å²) in [5.41, 5.74) is 2.82. The first kappa shape index (κ1) is 19.1. The Bertz CT molecular complexity index is 1000. The van der Waals surface area contributed by atoms with Crippen molar-refractivity contribution in [3.05, 3.63) is 95.6 Å². The van der Waals surface area contributed by atoms with Crippen molar-refractivity contribution >= 4 is 11.6 Å². The molecule has 3 aromatic carbocycles. The molecule has 1 heterocycles. The zero-order valence-corrected chi connectivity index (χ0v) is 16.9. The minimum atomic E-state index is -0.744. The van der Waals surface area contributed by atoms with E-state index in [0.29, 0.717) is 18.7 Å². The maximum absolute atomic E-state index is 13.6. The van der Waals surface area contributed by atoms with E-state index >= 15 is 0 Å². The van der Waals surface area contributed by atoms with Crippen molar-refractivity contribution in [3.63, 3.8) is 0 Å². The minimum Gasteiger partial charge on any atom is -0.493 e. The van der Waals surface area contributed by atoms with Crippen molar-refractivity contribution in [1.82, 2.24) is 4.90 Å². The van der Waals surface area contributed by atoms with E-state index in [4.69, 9.17) is 4.74 Å². The lowest BCUT2D eigenvalue weighted by atomic mass is 9.92. The molecule has 29 heavy (non-hydrogen) atoms. The summed E-state index contributed by atoms with van der Waals surface area (Å²) in [5.74, 6) is 0.811. The van der Waals surface area contributed by atoms with Gasteiger partial charge in [0.25, 0.3) is 5.91 Å². The molecule has 0 fully saturated rings. The van der Waals surface area contributed by atoms with E-state index < -0.39 is 5.66 Å². The maximum Gasteiger partial charge on any atom is 0.258 e. The molecule has 1 aliphatic heterocycles. The van der Waals surface area contributed by atoms with Crippen molar-refractivity contribution in [2.75, 3.05) is 11.9 Å². The number of carbonyl (C=O) groups is 1. The van der Waals surface area contributed by atoms with Crippen LogP contribution >= 0.6 is 0 Å². The van der Waals surface area contributed by atoms with Crippen molar-refractivity contribution in [2.24, 2.45) is 0 Å². The molecule has 1 atom stereocenters. The smallest absolute Gasteiger partial charge is 0.258 e. The predicted molar refractivity (Wildman–Crippen MR) is 116 cm³/mol. The van der Waals surface area contributed by atoms with E-state index in [-0.39, 0.29) is 5.91 Å². The molecule has 0 aliphatic carbocycles. The first-order valence-electron chi connectivity index (χ1n) is 10.1. The number of benzene rings is 3. The Balaban J connectivity index is 1.83. The number of ether oxygens (including phenoxy) is 1. The Morgan fingerprint density at radius 1 is 0.931 bits per heavy atom. The molecule has 0 spiro atoms. The SMILES string of the molecule is CCCOc1ccccc1C1(C)Nc2ccccc2C(=O)N1Cc1ccccc1. The Morgan fingerprint density at radius 3 is 2.41 bits per heavy atom. The van der Waals surface area contributed by atoms with Gasteiger partial charge in [-0.15, -0.1) is 0 Å². The van der Waals surface area contributed by atoms with Crippen LogP contribution in [-0.4, -0.2) is 17.4 Å². The monoisotopic (exact) mass is 386 g/mol. The van der Waals surface area contributed by atoms with Crippen LogP contribution in [-0.2, 0) is 12.2 Å². The Kier molecular flexibility index (Phi) is 5.26. The standard InChI is InChI=1S/C25H26N2O2/c1-3-17-29-23-16-10-8-14-21(23)25(2)26-22-15-9-7-13-20(22)24(28)27(25)18-19-11-5-4-6-12-19/h4-16,26H,3,17-18H2,1-2H3. The van der Waals surface area contributed by atoms with Gasteiger partial charge in [-0.2, -0.15) is 0 Å². The summed E-state index contributed by atoms with van der Waals surface area (Å²) in [6.07, 6.45) is 0.925. The second-order valence-corrected chi connectivity index (χ2v) is 7.46. The lowest BCUT2D eigenvalue weighted by Gasteiger charge is -2.47. The van der Waals surface area contributed by atoms with Gasteiger partial charge in [0, 0.05) is 17.8 Å². The van der Waals surface area contributed by atoms with E-state index in [1.807, 2.05) is 83.8 Å². The number of nitrogens with one attached hydrogen (secondary N) is 1. The highest BCUT2D eigenvalue weighted by atomic mass is 16.5. The van der Waals surface area contributed by atoms with Gasteiger partial charge in [-0.05, 0) is 37.1 Å². The number of para-hydroxylation sites is 2. The van der Waals surface area contributed by atoms with Crippen LogP contribution in [0.1, 0.15) is 41.8 Å². The first-order valence-corrected chi connectivity index (χ1v) is 10.1. The van der Waals surface area contributed by atoms with Crippen LogP contribution in [0.5, 0.6) is 5.75 Å². The second-order valence-electron chi connectivity index (χ2n) is 7.46. The number of fused-ring (bicyclic) bond motifs is 1. The molecule has 0 saturated carbocycles. The van der Waals surface area contributed by atoms with Crippen LogP contribution in [0.2, 0.25) is 0 Å². The molecule has 1 N–H and O–H groups in total. The molecule has 1 aliphatic rings. The molecule has 0 bridgehead atoms. The lowest BCUT2D eigenvalue weighted by molar-refractivity contribution is 0.0503. The number of anilines is 1. The molecule has 4 rings (SSSR count). The predicted octanol–water partition coefficient (Wildman–Crippen LogP) is 5.42. The third-order valence-electron chi connectivity index (χ3n) is 5.38. The third kappa shape index (κ3) is 3.58. The molecular weight excluding hydrogens is 360 g/mol. The topological polar surface area (TPSA) is 41.6 Å². The quantitative estimate of drug-likeness (QED) is 0.615. The average Bonchev–Trinajstić information content (AvgIpc) is 2.76. The molecule has 3 aromatic rings. The van der Waals surface area contributed by atoms with Gasteiger partial charge in [0.2, 0.25) is 0 Å². The molecule has 1 amide bonds. The Hall–Kier alpha value is -3.27. The number of rotatable bonds is 6. The fraction of sp³-hybridized carbons (Fsp3) is 0.240. The minimum absolute atomic E-state index is 0.0102. The van der Waals surface area contributed by atoms with Crippen LogP contribution in [0.15, 0.2) is 78.9 Å². The van der Waals surface area contributed by atoms with Gasteiger partial charge in [-0.25, -0.2) is 0 Å². The highest BCUT2D eigenvalue weighted by Crippen LogP contribution is 2.42. The molecule has 0 saturated heterocycles. The van der Waals surface area contributed by atoms with E-state index in [0.717, 1.165) is 29.0 Å². The van der Waals surface area contributed by atoms with Crippen molar-refractivity contribution in [2.45, 2.75) is 32.5 Å². The zero-order chi connectivity index (χ0) is 20.3. The van der Waals surface area contributed by atoms with Gasteiger partial charge in [0.05, 0.1) is 12.2 Å². The summed E-state index contributed by atoms with van der Waals surface area (Å²) in [4.78, 5) is 15.5. The zero-order valence-electron chi connectivity index (χ0n) is 16.9. The van der Waals surface area contributed by atoms with Crippen molar-refractivity contribution in [1.29, 1.82) is 0 Å². The third-order valence-corrected chi connectivity index (χ3v) is 5.38. The van der Waals surface area contributed by atoms with Gasteiger partial charge in [0.15, 0.2) is 0 Å². The summed E-state index contributed by atoms with van der Waals surface area (Å²) in [6.45, 7) is 5.28. The van der Waals surface area contributed by atoms with Crippen LogP contribution in [0.3, 0.4) is 0 Å². The maximum atomic E-state index is 13.6. The van der Waals surface area contributed by atoms with E-state index in [2.05, 4.69) is 19.2 Å². The Morgan fingerprint density at radius 2 is 1.62 bits per heavy atom. The molecule has 0 aromatic heterocycles. The van der Waals surface area contributed by atoms with Gasteiger partial charge < -0.3 is 15.0 Å². The van der Waals surface area contributed by atoms with Gasteiger partial charge in [0.1, 0.15) is 11.4 Å². The molecule has 0 radical (unpaired) electrons. The van der Waals surface area contributed by atoms with Crippen molar-refractivity contribution in [3.8, 4) is 5.75 Å². The van der Waals surface area contributed by atoms with Gasteiger partial charge >= 0.3 is 0 Å². The number of carbonyl (C=O) groups excluding carboxylic acids is 1. The van der Waals surface area contributed by atoms with Gasteiger partial charge in [-0.1, -0.05) is 67.6 Å².